The van der Waals surface area contributed by atoms with Gasteiger partial charge >= 0.3 is 5.51 Å². The third kappa shape index (κ3) is 9.87. The van der Waals surface area contributed by atoms with E-state index in [9.17, 15) is 13.2 Å². The van der Waals surface area contributed by atoms with Crippen molar-refractivity contribution in [3.63, 3.8) is 0 Å². The van der Waals surface area contributed by atoms with Crippen LogP contribution in [-0.4, -0.2) is 18.5 Å². The highest BCUT2D eigenvalue weighted by molar-refractivity contribution is 7.86. The molecule has 8 heteroatoms. The van der Waals surface area contributed by atoms with Crippen molar-refractivity contribution in [2.75, 3.05) is 0 Å². The predicted octanol–water partition coefficient (Wildman–Crippen LogP) is 4.00. The molecule has 0 amide bonds. The minimum atomic E-state index is -6.09. The summed E-state index contributed by atoms with van der Waals surface area (Å²) >= 11 is 0. The van der Waals surface area contributed by atoms with Gasteiger partial charge in [-0.1, -0.05) is 32.6 Å². The summed E-state index contributed by atoms with van der Waals surface area (Å²) in [5, 5.41) is 0. The molecular weight excluding hydrogens is 343 g/mol. The van der Waals surface area contributed by atoms with E-state index in [-0.39, 0.29) is 0 Å². The van der Waals surface area contributed by atoms with E-state index in [4.69, 9.17) is 13.0 Å². The maximum atomic E-state index is 10.7. The monoisotopic (exact) mass is 369 g/mol. The number of hydrogen-bond donors (Lipinski definition) is 0. The van der Waals surface area contributed by atoms with Crippen LogP contribution in [0.1, 0.15) is 56.6 Å². The molecule has 4 nitrogen and oxygen atoms in total. The lowest BCUT2D eigenvalue weighted by molar-refractivity contribution is -0.697. The van der Waals surface area contributed by atoms with Gasteiger partial charge in [-0.25, -0.2) is 13.0 Å². The Bertz CT molecular complexity index is 587. The van der Waals surface area contributed by atoms with Crippen LogP contribution in [0.3, 0.4) is 0 Å². The zero-order chi connectivity index (χ0) is 18.8. The number of aromatic nitrogens is 1. The summed E-state index contributed by atoms with van der Waals surface area (Å²) in [6.07, 6.45) is 12.7. The molecule has 0 aliphatic carbocycles. The number of unbranched alkanes of at least 4 members (excludes halogenated alkanes) is 5. The van der Waals surface area contributed by atoms with Crippen molar-refractivity contribution in [1.82, 2.24) is 0 Å². The van der Waals surface area contributed by atoms with E-state index in [0.717, 1.165) is 0 Å². The molecule has 0 spiro atoms. The zero-order valence-corrected chi connectivity index (χ0v) is 15.2. The molecule has 0 fully saturated rings. The second kappa shape index (κ2) is 10.7. The molecule has 0 aliphatic heterocycles. The van der Waals surface area contributed by atoms with Crippen molar-refractivity contribution in [3.8, 4) is 0 Å². The van der Waals surface area contributed by atoms with Crippen molar-refractivity contribution in [2.24, 2.45) is 0 Å². The highest BCUT2D eigenvalue weighted by Gasteiger charge is 2.36. The van der Waals surface area contributed by atoms with E-state index >= 15 is 0 Å². The average Bonchev–Trinajstić information content (AvgIpc) is 2.45. The minimum absolute atomic E-state index is 1.17. The molecule has 0 aliphatic rings. The Morgan fingerprint density at radius 1 is 1.04 bits per heavy atom. The summed E-state index contributed by atoms with van der Waals surface area (Å²) in [6, 6.07) is 2.21. The van der Waals surface area contributed by atoms with Crippen molar-refractivity contribution in [1.29, 1.82) is 0 Å². The molecule has 0 bridgehead atoms. The molecule has 0 saturated heterocycles. The number of pyridine rings is 1. The van der Waals surface area contributed by atoms with Gasteiger partial charge in [-0.3, -0.25) is 0 Å². The van der Waals surface area contributed by atoms with Crippen molar-refractivity contribution < 1.29 is 30.7 Å². The van der Waals surface area contributed by atoms with E-state index in [2.05, 4.69) is 43.8 Å². The normalized spacial score (nSPS) is 11.8. The molecule has 0 saturated carbocycles. The SMILES string of the molecule is CCCCCCCC[n+]1ccc(C)c(C)c1.O=S(=O)([O-])C(F)(F)F. The smallest absolute Gasteiger partial charge is 0.485 e. The van der Waals surface area contributed by atoms with Crippen LogP contribution in [0.2, 0.25) is 0 Å². The molecule has 1 aromatic rings. The topological polar surface area (TPSA) is 61.1 Å². The first-order chi connectivity index (χ1) is 11.0. The number of hydrogen-bond acceptors (Lipinski definition) is 3. The van der Waals surface area contributed by atoms with Gasteiger partial charge in [0.25, 0.3) is 0 Å². The van der Waals surface area contributed by atoms with Gasteiger partial charge in [0.1, 0.15) is 6.54 Å². The molecule has 0 N–H and O–H groups in total. The maximum absolute atomic E-state index is 10.7. The lowest BCUT2D eigenvalue weighted by Gasteiger charge is -2.08. The molecule has 0 aromatic carbocycles. The zero-order valence-electron chi connectivity index (χ0n) is 14.4. The third-order valence-corrected chi connectivity index (χ3v) is 4.12. The van der Waals surface area contributed by atoms with E-state index in [1.54, 1.807) is 0 Å². The van der Waals surface area contributed by atoms with Gasteiger partial charge in [-0.2, -0.15) is 13.2 Å². The van der Waals surface area contributed by atoms with Crippen LogP contribution in [0, 0.1) is 13.8 Å². The Morgan fingerprint density at radius 3 is 2.00 bits per heavy atom. The van der Waals surface area contributed by atoms with Crippen LogP contribution in [0.5, 0.6) is 0 Å². The van der Waals surface area contributed by atoms with Crippen LogP contribution in [0.4, 0.5) is 13.2 Å². The number of halogens is 3. The minimum Gasteiger partial charge on any atom is -0.741 e. The van der Waals surface area contributed by atoms with Crippen LogP contribution >= 0.6 is 0 Å². The molecule has 0 unspecified atom stereocenters. The van der Waals surface area contributed by atoms with Crippen LogP contribution < -0.4 is 4.57 Å². The molecule has 0 radical (unpaired) electrons. The van der Waals surface area contributed by atoms with Crippen molar-refractivity contribution >= 4 is 10.1 Å². The van der Waals surface area contributed by atoms with Gasteiger partial charge in [0, 0.05) is 18.1 Å². The van der Waals surface area contributed by atoms with Crippen LogP contribution in [0.15, 0.2) is 18.5 Å². The van der Waals surface area contributed by atoms with Gasteiger partial charge < -0.3 is 4.55 Å². The first-order valence-corrected chi connectivity index (χ1v) is 9.38. The first kappa shape index (κ1) is 22.9. The fourth-order valence-electron chi connectivity index (χ4n) is 1.95. The Kier molecular flexibility index (Phi) is 10.1. The van der Waals surface area contributed by atoms with Gasteiger partial charge in [-0.15, -0.1) is 0 Å². The number of aryl methyl sites for hydroxylation is 3. The van der Waals surface area contributed by atoms with E-state index < -0.39 is 15.6 Å². The van der Waals surface area contributed by atoms with Gasteiger partial charge in [-0.05, 0) is 25.8 Å². The number of alkyl halides is 3. The molecule has 1 heterocycles. The molecule has 0 atom stereocenters. The molecular formula is C16H26F3NO3S. The Labute approximate surface area is 142 Å². The van der Waals surface area contributed by atoms with Crippen molar-refractivity contribution in [2.45, 2.75) is 71.3 Å². The van der Waals surface area contributed by atoms with Gasteiger partial charge in [0.15, 0.2) is 22.5 Å². The largest absolute Gasteiger partial charge is 0.741 e. The second-order valence-electron chi connectivity index (χ2n) is 5.72. The number of rotatable bonds is 7. The Hall–Kier alpha value is -1.15. The highest BCUT2D eigenvalue weighted by Crippen LogP contribution is 2.20. The summed E-state index contributed by atoms with van der Waals surface area (Å²) in [7, 11) is -6.09. The molecule has 24 heavy (non-hydrogen) atoms. The number of nitrogens with zero attached hydrogens (tertiary/aromatic N) is 1. The quantitative estimate of drug-likeness (QED) is 0.316. The van der Waals surface area contributed by atoms with E-state index in [0.29, 0.717) is 0 Å². The summed E-state index contributed by atoms with van der Waals surface area (Å²) in [5.74, 6) is 0. The average molecular weight is 369 g/mol. The molecule has 1 rings (SSSR count). The second-order valence-corrected chi connectivity index (χ2v) is 7.09. The lowest BCUT2D eigenvalue weighted by Crippen LogP contribution is -2.33. The molecule has 140 valence electrons. The molecule has 1 aromatic heterocycles. The maximum Gasteiger partial charge on any atom is 0.485 e. The standard InChI is InChI=1S/C15H26N.CHF3O3S/c1-4-5-6-7-8-9-11-16-12-10-14(2)15(3)13-16;2-1(3,4)8(5,6)7/h10,12-13H,4-9,11H2,1-3H3;(H,5,6,7)/q+1;/p-1. The predicted molar refractivity (Wildman–Crippen MR) is 85.2 cm³/mol. The fourth-order valence-corrected chi connectivity index (χ4v) is 1.95. The van der Waals surface area contributed by atoms with Crippen LogP contribution in [0.25, 0.3) is 0 Å². The third-order valence-electron chi connectivity index (χ3n) is 3.55. The van der Waals surface area contributed by atoms with Crippen LogP contribution in [-0.2, 0) is 16.7 Å². The van der Waals surface area contributed by atoms with E-state index in [1.165, 1.54) is 56.2 Å². The Balaban J connectivity index is 0.000000561. The summed E-state index contributed by atoms with van der Waals surface area (Å²) in [6.45, 7) is 7.80. The lowest BCUT2D eigenvalue weighted by atomic mass is 10.1. The summed E-state index contributed by atoms with van der Waals surface area (Å²) < 4.78 is 61.2. The Morgan fingerprint density at radius 2 is 1.54 bits per heavy atom. The first-order valence-electron chi connectivity index (χ1n) is 7.97. The van der Waals surface area contributed by atoms with Gasteiger partial charge in [0.2, 0.25) is 0 Å². The van der Waals surface area contributed by atoms with Crippen molar-refractivity contribution in [3.05, 3.63) is 29.6 Å². The highest BCUT2D eigenvalue weighted by atomic mass is 32.2. The van der Waals surface area contributed by atoms with Gasteiger partial charge in [0.05, 0.1) is 0 Å². The summed E-state index contributed by atoms with van der Waals surface area (Å²) in [5.41, 5.74) is -2.86. The van der Waals surface area contributed by atoms with E-state index in [1.807, 2.05) is 0 Å². The summed E-state index contributed by atoms with van der Waals surface area (Å²) in [4.78, 5) is 0. The fraction of sp³-hybridized carbons (Fsp3) is 0.688.